The third kappa shape index (κ3) is 3.16. The molecular weight excluding hydrogens is 282 g/mol. The van der Waals surface area contributed by atoms with E-state index in [1.807, 2.05) is 16.8 Å². The molecule has 0 aliphatic heterocycles. The molecule has 110 valence electrons. The molecule has 3 heterocycles. The quantitative estimate of drug-likeness (QED) is 0.734. The third-order valence-electron chi connectivity index (χ3n) is 3.24. The highest BCUT2D eigenvalue weighted by Crippen LogP contribution is 2.18. The number of anilines is 2. The summed E-state index contributed by atoms with van der Waals surface area (Å²) in [5.41, 5.74) is 2.20. The first-order valence-corrected chi connectivity index (χ1v) is 8.05. The second kappa shape index (κ2) is 6.13. The maximum Gasteiger partial charge on any atom is 0.180 e. The van der Waals surface area contributed by atoms with Crippen LogP contribution in [0.15, 0.2) is 35.4 Å². The van der Waals surface area contributed by atoms with Gasteiger partial charge in [0, 0.05) is 25.0 Å². The van der Waals surface area contributed by atoms with Crippen molar-refractivity contribution in [2.45, 2.75) is 26.3 Å². The normalized spacial score (nSPS) is 12.5. The topological polar surface area (TPSA) is 54.2 Å². The van der Waals surface area contributed by atoms with E-state index < -0.39 is 0 Å². The van der Waals surface area contributed by atoms with Crippen LogP contribution in [0.3, 0.4) is 0 Å². The number of nitrogens with zero attached hydrogens (tertiary/aromatic N) is 3. The predicted molar refractivity (Wildman–Crippen MR) is 88.3 cm³/mol. The molecule has 3 aromatic rings. The molecular formula is C15H19N5S. The second-order valence-corrected chi connectivity index (χ2v) is 5.82. The molecule has 0 aliphatic carbocycles. The summed E-state index contributed by atoms with van der Waals surface area (Å²) in [5.74, 6) is 1.68. The van der Waals surface area contributed by atoms with Gasteiger partial charge in [0.1, 0.15) is 5.82 Å². The number of nitrogens with one attached hydrogen (secondary N) is 2. The Morgan fingerprint density at radius 1 is 1.43 bits per heavy atom. The Morgan fingerprint density at radius 2 is 2.33 bits per heavy atom. The van der Waals surface area contributed by atoms with Gasteiger partial charge >= 0.3 is 0 Å². The van der Waals surface area contributed by atoms with E-state index in [0.717, 1.165) is 30.2 Å². The van der Waals surface area contributed by atoms with Crippen molar-refractivity contribution in [1.82, 2.24) is 14.4 Å². The average Bonchev–Trinajstić information content (AvgIpc) is 3.09. The van der Waals surface area contributed by atoms with Crippen molar-refractivity contribution in [1.29, 1.82) is 0 Å². The van der Waals surface area contributed by atoms with Crippen molar-refractivity contribution >= 4 is 28.6 Å². The SMILES string of the molecule is CCNc1cn2ccnc2c(NC(C)Cc2ccsc2)n1. The lowest BCUT2D eigenvalue weighted by Gasteiger charge is -2.15. The molecule has 5 nitrogen and oxygen atoms in total. The monoisotopic (exact) mass is 301 g/mol. The predicted octanol–water partition coefficient (Wildman–Crippen LogP) is 3.27. The first-order valence-electron chi connectivity index (χ1n) is 7.11. The Morgan fingerprint density at radius 3 is 3.10 bits per heavy atom. The Kier molecular flexibility index (Phi) is 4.06. The van der Waals surface area contributed by atoms with Crippen LogP contribution in [0.1, 0.15) is 19.4 Å². The van der Waals surface area contributed by atoms with Crippen LogP contribution in [0.4, 0.5) is 11.6 Å². The van der Waals surface area contributed by atoms with Crippen LogP contribution >= 0.6 is 11.3 Å². The van der Waals surface area contributed by atoms with Crippen molar-refractivity contribution in [2.75, 3.05) is 17.2 Å². The number of thiophene rings is 1. The van der Waals surface area contributed by atoms with E-state index >= 15 is 0 Å². The fraction of sp³-hybridized carbons (Fsp3) is 0.333. The number of imidazole rings is 1. The number of fused-ring (bicyclic) bond motifs is 1. The standard InChI is InChI=1S/C15H19N5S/c1-3-16-13-9-20-6-5-17-15(20)14(19-13)18-11(2)8-12-4-7-21-10-12/h4-7,9-11,16H,3,8H2,1-2H3,(H,18,19). The minimum absolute atomic E-state index is 0.296. The van der Waals surface area contributed by atoms with E-state index in [4.69, 9.17) is 0 Å². The maximum absolute atomic E-state index is 4.63. The van der Waals surface area contributed by atoms with E-state index in [2.05, 4.69) is 51.3 Å². The molecule has 2 N–H and O–H groups in total. The summed E-state index contributed by atoms with van der Waals surface area (Å²) in [6, 6.07) is 2.46. The third-order valence-corrected chi connectivity index (χ3v) is 3.97. The van der Waals surface area contributed by atoms with Gasteiger partial charge in [-0.3, -0.25) is 0 Å². The molecule has 0 aliphatic rings. The van der Waals surface area contributed by atoms with Crippen molar-refractivity contribution in [2.24, 2.45) is 0 Å². The highest BCUT2D eigenvalue weighted by molar-refractivity contribution is 7.07. The maximum atomic E-state index is 4.63. The summed E-state index contributed by atoms with van der Waals surface area (Å²) in [5, 5.41) is 11.0. The molecule has 3 aromatic heterocycles. The number of aromatic nitrogens is 3. The number of hydrogen-bond donors (Lipinski definition) is 2. The Bertz CT molecular complexity index is 704. The molecule has 0 radical (unpaired) electrons. The van der Waals surface area contributed by atoms with Gasteiger partial charge in [0.15, 0.2) is 11.5 Å². The summed E-state index contributed by atoms with van der Waals surface area (Å²) in [4.78, 5) is 9.01. The van der Waals surface area contributed by atoms with E-state index in [0.29, 0.717) is 6.04 Å². The fourth-order valence-corrected chi connectivity index (χ4v) is 3.02. The summed E-state index contributed by atoms with van der Waals surface area (Å²) in [6.07, 6.45) is 6.66. The zero-order valence-corrected chi connectivity index (χ0v) is 13.0. The number of hydrogen-bond acceptors (Lipinski definition) is 5. The summed E-state index contributed by atoms with van der Waals surface area (Å²) >= 11 is 1.73. The molecule has 1 unspecified atom stereocenters. The van der Waals surface area contributed by atoms with Gasteiger partial charge in [0.2, 0.25) is 0 Å². The molecule has 0 amide bonds. The Balaban J connectivity index is 1.83. The summed E-state index contributed by atoms with van der Waals surface area (Å²) < 4.78 is 1.99. The molecule has 21 heavy (non-hydrogen) atoms. The molecule has 0 saturated carbocycles. The molecule has 0 bridgehead atoms. The van der Waals surface area contributed by atoms with Crippen molar-refractivity contribution < 1.29 is 0 Å². The second-order valence-electron chi connectivity index (χ2n) is 5.04. The van der Waals surface area contributed by atoms with Gasteiger partial charge in [0.25, 0.3) is 0 Å². The molecule has 0 aromatic carbocycles. The van der Waals surface area contributed by atoms with E-state index in [1.165, 1.54) is 5.56 Å². The summed E-state index contributed by atoms with van der Waals surface area (Å²) in [7, 11) is 0. The van der Waals surface area contributed by atoms with Gasteiger partial charge in [-0.25, -0.2) is 9.97 Å². The Labute approximate surface area is 128 Å². The molecule has 3 rings (SSSR count). The lowest BCUT2D eigenvalue weighted by atomic mass is 10.1. The average molecular weight is 301 g/mol. The van der Waals surface area contributed by atoms with Gasteiger partial charge in [-0.1, -0.05) is 0 Å². The first kappa shape index (κ1) is 13.9. The van der Waals surface area contributed by atoms with E-state index in [9.17, 15) is 0 Å². The van der Waals surface area contributed by atoms with Crippen molar-refractivity contribution in [3.05, 3.63) is 41.0 Å². The summed E-state index contributed by atoms with van der Waals surface area (Å²) in [6.45, 7) is 5.07. The molecule has 0 saturated heterocycles. The van der Waals surface area contributed by atoms with Crippen molar-refractivity contribution in [3.63, 3.8) is 0 Å². The van der Waals surface area contributed by atoms with Crippen LogP contribution in [0.25, 0.3) is 5.65 Å². The van der Waals surface area contributed by atoms with Crippen LogP contribution in [0.5, 0.6) is 0 Å². The minimum atomic E-state index is 0.296. The van der Waals surface area contributed by atoms with Gasteiger partial charge in [-0.15, -0.1) is 0 Å². The minimum Gasteiger partial charge on any atom is -0.369 e. The van der Waals surface area contributed by atoms with Crippen LogP contribution in [0.2, 0.25) is 0 Å². The highest BCUT2D eigenvalue weighted by atomic mass is 32.1. The van der Waals surface area contributed by atoms with Gasteiger partial charge in [-0.2, -0.15) is 11.3 Å². The van der Waals surface area contributed by atoms with E-state index in [1.54, 1.807) is 17.5 Å². The van der Waals surface area contributed by atoms with Gasteiger partial charge in [-0.05, 0) is 42.7 Å². The Hall–Kier alpha value is -2.08. The van der Waals surface area contributed by atoms with Crippen LogP contribution in [0, 0.1) is 0 Å². The fourth-order valence-electron chi connectivity index (χ4n) is 2.34. The molecule has 1 atom stereocenters. The lowest BCUT2D eigenvalue weighted by Crippen LogP contribution is -2.19. The molecule has 6 heteroatoms. The van der Waals surface area contributed by atoms with Crippen LogP contribution in [-0.2, 0) is 6.42 Å². The van der Waals surface area contributed by atoms with E-state index in [-0.39, 0.29) is 0 Å². The highest BCUT2D eigenvalue weighted by Gasteiger charge is 2.11. The first-order chi connectivity index (χ1) is 10.3. The van der Waals surface area contributed by atoms with Crippen LogP contribution in [-0.4, -0.2) is 27.0 Å². The lowest BCUT2D eigenvalue weighted by molar-refractivity contribution is 0.786. The number of rotatable bonds is 6. The molecule has 0 fully saturated rings. The zero-order valence-electron chi connectivity index (χ0n) is 12.2. The van der Waals surface area contributed by atoms with Crippen LogP contribution < -0.4 is 10.6 Å². The van der Waals surface area contributed by atoms with Gasteiger partial charge in [0.05, 0.1) is 6.20 Å². The zero-order chi connectivity index (χ0) is 14.7. The van der Waals surface area contributed by atoms with Gasteiger partial charge < -0.3 is 15.0 Å². The van der Waals surface area contributed by atoms with Crippen molar-refractivity contribution in [3.8, 4) is 0 Å². The molecule has 0 spiro atoms. The largest absolute Gasteiger partial charge is 0.369 e. The smallest absolute Gasteiger partial charge is 0.180 e.